The van der Waals surface area contributed by atoms with Crippen molar-refractivity contribution in [1.29, 1.82) is 0 Å². The van der Waals surface area contributed by atoms with E-state index in [1.807, 2.05) is 13.8 Å². The Hall–Kier alpha value is -0.810. The first-order chi connectivity index (χ1) is 4.66. The number of hydrazine groups is 2. The summed E-state index contributed by atoms with van der Waals surface area (Å²) in [4.78, 5) is 10.7. The van der Waals surface area contributed by atoms with Crippen LogP contribution in [0.4, 0.5) is 4.79 Å². The Morgan fingerprint density at radius 2 is 2.00 bits per heavy atom. The SMILES string of the molecule is CNNNC(=O)NC(C)C. The Kier molecular flexibility index (Phi) is 4.61. The fourth-order valence-electron chi connectivity index (χ4n) is 0.418. The second-order valence-electron chi connectivity index (χ2n) is 2.13. The minimum Gasteiger partial charge on any atom is -0.335 e. The van der Waals surface area contributed by atoms with Crippen LogP contribution >= 0.6 is 0 Å². The minimum absolute atomic E-state index is 0.152. The Morgan fingerprint density at radius 1 is 1.40 bits per heavy atom. The topological polar surface area (TPSA) is 65.2 Å². The highest BCUT2D eigenvalue weighted by Crippen LogP contribution is 1.73. The van der Waals surface area contributed by atoms with Gasteiger partial charge in [-0.3, -0.25) is 5.43 Å². The molecular weight excluding hydrogens is 132 g/mol. The molecule has 0 aromatic heterocycles. The van der Waals surface area contributed by atoms with Crippen molar-refractivity contribution in [3.8, 4) is 0 Å². The van der Waals surface area contributed by atoms with Gasteiger partial charge < -0.3 is 5.32 Å². The van der Waals surface area contributed by atoms with Gasteiger partial charge in [-0.05, 0) is 13.8 Å². The Labute approximate surface area is 60.5 Å². The lowest BCUT2D eigenvalue weighted by Crippen LogP contribution is -2.50. The summed E-state index contributed by atoms with van der Waals surface area (Å²) in [6, 6.07) is -0.0944. The number of rotatable bonds is 3. The molecule has 0 saturated carbocycles. The maximum absolute atomic E-state index is 10.7. The molecule has 60 valence electrons. The van der Waals surface area contributed by atoms with E-state index in [9.17, 15) is 4.79 Å². The molecular formula is C5H14N4O. The van der Waals surface area contributed by atoms with Crippen LogP contribution in [0.2, 0.25) is 0 Å². The molecule has 0 atom stereocenters. The summed E-state index contributed by atoms with van der Waals surface area (Å²) in [6.45, 7) is 3.78. The first-order valence-corrected chi connectivity index (χ1v) is 3.15. The largest absolute Gasteiger partial charge is 0.335 e. The van der Waals surface area contributed by atoms with Crippen LogP contribution in [-0.2, 0) is 0 Å². The summed E-state index contributed by atoms with van der Waals surface area (Å²) in [5.74, 6) is 0. The molecule has 0 aromatic carbocycles. The molecule has 4 N–H and O–H groups in total. The minimum atomic E-state index is -0.246. The van der Waals surface area contributed by atoms with Crippen LogP contribution in [0.1, 0.15) is 13.8 Å². The van der Waals surface area contributed by atoms with Gasteiger partial charge in [0.15, 0.2) is 0 Å². The van der Waals surface area contributed by atoms with Crippen molar-refractivity contribution in [2.75, 3.05) is 7.05 Å². The molecule has 0 fully saturated rings. The number of hydrogen-bond acceptors (Lipinski definition) is 3. The Balaban J connectivity index is 3.26. The molecule has 0 heterocycles. The average molecular weight is 146 g/mol. The lowest BCUT2D eigenvalue weighted by atomic mass is 10.4. The zero-order valence-electron chi connectivity index (χ0n) is 6.49. The number of amides is 2. The third kappa shape index (κ3) is 5.33. The van der Waals surface area contributed by atoms with Crippen molar-refractivity contribution in [3.05, 3.63) is 0 Å². The van der Waals surface area contributed by atoms with E-state index in [-0.39, 0.29) is 12.1 Å². The van der Waals surface area contributed by atoms with Crippen molar-refractivity contribution in [3.63, 3.8) is 0 Å². The molecule has 0 bridgehead atoms. The maximum atomic E-state index is 10.7. The van der Waals surface area contributed by atoms with Gasteiger partial charge in [-0.2, -0.15) is 5.53 Å². The molecule has 0 aliphatic rings. The monoisotopic (exact) mass is 146 g/mol. The molecule has 5 heteroatoms. The van der Waals surface area contributed by atoms with Crippen molar-refractivity contribution >= 4 is 6.03 Å². The van der Waals surface area contributed by atoms with E-state index in [1.165, 1.54) is 0 Å². The van der Waals surface area contributed by atoms with Crippen molar-refractivity contribution in [2.45, 2.75) is 19.9 Å². The molecule has 0 rings (SSSR count). The van der Waals surface area contributed by atoms with Gasteiger partial charge in [0.25, 0.3) is 0 Å². The first kappa shape index (κ1) is 9.19. The summed E-state index contributed by atoms with van der Waals surface area (Å²) in [5, 5.41) is 2.62. The first-order valence-electron chi connectivity index (χ1n) is 3.15. The number of nitrogens with one attached hydrogen (secondary N) is 4. The van der Waals surface area contributed by atoms with Crippen LogP contribution in [0.3, 0.4) is 0 Å². The second kappa shape index (κ2) is 5.01. The van der Waals surface area contributed by atoms with E-state index in [2.05, 4.69) is 21.7 Å². The fourth-order valence-corrected chi connectivity index (χ4v) is 0.418. The quantitative estimate of drug-likeness (QED) is 0.399. The molecule has 0 spiro atoms. The van der Waals surface area contributed by atoms with E-state index < -0.39 is 0 Å². The summed E-state index contributed by atoms with van der Waals surface area (Å²) >= 11 is 0. The van der Waals surface area contributed by atoms with Crippen molar-refractivity contribution in [2.24, 2.45) is 0 Å². The fraction of sp³-hybridized carbons (Fsp3) is 0.800. The third-order valence-corrected chi connectivity index (χ3v) is 0.721. The normalized spacial score (nSPS) is 9.60. The molecule has 5 nitrogen and oxygen atoms in total. The average Bonchev–Trinajstić information content (AvgIpc) is 1.82. The molecule has 10 heavy (non-hydrogen) atoms. The number of carbonyl (C=O) groups excluding carboxylic acids is 1. The summed E-state index contributed by atoms with van der Waals surface area (Å²) in [5.41, 5.74) is 7.34. The Morgan fingerprint density at radius 3 is 2.40 bits per heavy atom. The van der Waals surface area contributed by atoms with Crippen molar-refractivity contribution < 1.29 is 4.79 Å². The van der Waals surface area contributed by atoms with Gasteiger partial charge in [-0.25, -0.2) is 10.2 Å². The molecule has 2 amide bonds. The predicted molar refractivity (Wildman–Crippen MR) is 39.0 cm³/mol. The third-order valence-electron chi connectivity index (χ3n) is 0.721. The van der Waals surface area contributed by atoms with E-state index in [0.717, 1.165) is 0 Å². The molecule has 0 radical (unpaired) electrons. The van der Waals surface area contributed by atoms with Crippen LogP contribution in [-0.4, -0.2) is 19.1 Å². The predicted octanol–water partition coefficient (Wildman–Crippen LogP) is -0.667. The highest BCUT2D eigenvalue weighted by Gasteiger charge is 1.98. The van der Waals surface area contributed by atoms with Crippen LogP contribution < -0.4 is 21.7 Å². The van der Waals surface area contributed by atoms with Crippen LogP contribution in [0.15, 0.2) is 0 Å². The van der Waals surface area contributed by atoms with Gasteiger partial charge in [-0.15, -0.1) is 0 Å². The summed E-state index contributed by atoms with van der Waals surface area (Å²) < 4.78 is 0. The zero-order valence-corrected chi connectivity index (χ0v) is 6.49. The van der Waals surface area contributed by atoms with Crippen LogP contribution in [0, 0.1) is 0 Å². The maximum Gasteiger partial charge on any atom is 0.330 e. The van der Waals surface area contributed by atoms with Crippen LogP contribution in [0.25, 0.3) is 0 Å². The standard InChI is InChI=1S/C5H14N4O/c1-4(2)7-5(10)8-9-6-3/h4,6,9H,1-3H3,(H2,7,8,10). The zero-order chi connectivity index (χ0) is 7.98. The van der Waals surface area contributed by atoms with Crippen LogP contribution in [0.5, 0.6) is 0 Å². The van der Waals surface area contributed by atoms with Gasteiger partial charge in [-0.1, -0.05) is 0 Å². The molecule has 0 aromatic rings. The van der Waals surface area contributed by atoms with E-state index in [1.54, 1.807) is 7.05 Å². The van der Waals surface area contributed by atoms with E-state index >= 15 is 0 Å². The highest BCUT2D eigenvalue weighted by atomic mass is 16.2. The number of carbonyl (C=O) groups is 1. The Bertz CT molecular complexity index is 104. The van der Waals surface area contributed by atoms with Gasteiger partial charge in [0.1, 0.15) is 0 Å². The van der Waals surface area contributed by atoms with Gasteiger partial charge in [0.05, 0.1) is 0 Å². The lowest BCUT2D eigenvalue weighted by molar-refractivity contribution is 0.232. The molecule has 0 unspecified atom stereocenters. The second-order valence-corrected chi connectivity index (χ2v) is 2.13. The van der Waals surface area contributed by atoms with E-state index in [4.69, 9.17) is 0 Å². The smallest absolute Gasteiger partial charge is 0.330 e. The van der Waals surface area contributed by atoms with Gasteiger partial charge in [0.2, 0.25) is 0 Å². The van der Waals surface area contributed by atoms with Gasteiger partial charge >= 0.3 is 6.03 Å². The van der Waals surface area contributed by atoms with E-state index in [0.29, 0.717) is 0 Å². The summed E-state index contributed by atoms with van der Waals surface area (Å²) in [7, 11) is 1.66. The summed E-state index contributed by atoms with van der Waals surface area (Å²) in [6.07, 6.45) is 0. The number of hydrogen-bond donors (Lipinski definition) is 4. The molecule has 0 aliphatic heterocycles. The lowest BCUT2D eigenvalue weighted by Gasteiger charge is -2.09. The highest BCUT2D eigenvalue weighted by molar-refractivity contribution is 5.73. The molecule has 0 saturated heterocycles. The van der Waals surface area contributed by atoms with Crippen molar-refractivity contribution in [1.82, 2.24) is 21.7 Å². The van der Waals surface area contributed by atoms with Gasteiger partial charge in [0, 0.05) is 13.1 Å². The molecule has 0 aliphatic carbocycles. The number of urea groups is 1.